The molecule has 0 spiro atoms. The van der Waals surface area contributed by atoms with E-state index in [1.807, 2.05) is 37.3 Å². The summed E-state index contributed by atoms with van der Waals surface area (Å²) in [5.74, 6) is 0.848. The fraction of sp³-hybridized carbons (Fsp3) is 0.188. The summed E-state index contributed by atoms with van der Waals surface area (Å²) in [6.07, 6.45) is 2.61. The van der Waals surface area contributed by atoms with Crippen LogP contribution in [0.15, 0.2) is 42.7 Å². The molecule has 3 aromatic rings. The lowest BCUT2D eigenvalue weighted by Gasteiger charge is -2.10. The number of nitrogens with zero attached hydrogens (tertiary/aromatic N) is 4. The summed E-state index contributed by atoms with van der Waals surface area (Å²) in [6.45, 7) is 1.88. The molecule has 2 aromatic heterocycles. The van der Waals surface area contributed by atoms with Crippen LogP contribution in [-0.2, 0) is 0 Å². The zero-order valence-corrected chi connectivity index (χ0v) is 14.4. The normalized spacial score (nSPS) is 11.6. The maximum absolute atomic E-state index is 12.2. The van der Waals surface area contributed by atoms with Crippen LogP contribution in [0.5, 0.6) is 5.75 Å². The summed E-state index contributed by atoms with van der Waals surface area (Å²) >= 11 is 1.26. The van der Waals surface area contributed by atoms with Crippen LogP contribution >= 0.6 is 11.3 Å². The average Bonchev–Trinajstić information content (AvgIpc) is 3.11. The molecule has 0 saturated carbocycles. The number of hydrogen-bond acceptors (Lipinski definition) is 8. The van der Waals surface area contributed by atoms with Crippen LogP contribution < -0.4 is 15.4 Å². The summed E-state index contributed by atoms with van der Waals surface area (Å²) in [5, 5.41) is 14.6. The Balaban J connectivity index is 1.63. The van der Waals surface area contributed by atoms with Gasteiger partial charge >= 0.3 is 0 Å². The van der Waals surface area contributed by atoms with E-state index in [-0.39, 0.29) is 12.0 Å². The Hall–Kier alpha value is -3.07. The average molecular weight is 356 g/mol. The first kappa shape index (κ1) is 16.8. The second-order valence-corrected chi connectivity index (χ2v) is 6.03. The highest BCUT2D eigenvalue weighted by molar-refractivity contribution is 7.15. The van der Waals surface area contributed by atoms with Gasteiger partial charge in [0, 0.05) is 19.4 Å². The fourth-order valence-electron chi connectivity index (χ4n) is 1.95. The maximum Gasteiger partial charge on any atom is 0.260 e. The standard InChI is InChI=1S/C16H16N6O2S/c1-10(24-12-6-4-3-5-7-12)14-21-22-16(25-14)20-13(23)11-8-18-15(17-2)19-9-11/h3-10H,1-2H3,(H,17,18,19)(H,20,22,23)/t10-/m1/s1. The van der Waals surface area contributed by atoms with Gasteiger partial charge in [0.1, 0.15) is 11.9 Å². The number of benzene rings is 1. The van der Waals surface area contributed by atoms with Gasteiger partial charge in [-0.2, -0.15) is 0 Å². The Labute approximate surface area is 148 Å². The van der Waals surface area contributed by atoms with E-state index < -0.39 is 0 Å². The SMILES string of the molecule is CNc1ncc(C(=O)Nc2nnc([C@@H](C)Oc3ccccc3)s2)cn1. The summed E-state index contributed by atoms with van der Waals surface area (Å²) in [4.78, 5) is 20.2. The van der Waals surface area contributed by atoms with E-state index in [0.29, 0.717) is 21.7 Å². The van der Waals surface area contributed by atoms with Crippen molar-refractivity contribution in [3.8, 4) is 5.75 Å². The molecule has 0 saturated heterocycles. The van der Waals surface area contributed by atoms with E-state index in [9.17, 15) is 4.79 Å². The van der Waals surface area contributed by atoms with Crippen molar-refractivity contribution in [1.82, 2.24) is 20.2 Å². The van der Waals surface area contributed by atoms with Crippen LogP contribution in [0, 0.1) is 0 Å². The lowest BCUT2D eigenvalue weighted by molar-refractivity contribution is 0.102. The molecule has 0 unspecified atom stereocenters. The summed E-state index contributed by atoms with van der Waals surface area (Å²) in [5.41, 5.74) is 0.337. The molecule has 1 aromatic carbocycles. The third-order valence-corrected chi connectivity index (χ3v) is 4.20. The topological polar surface area (TPSA) is 102 Å². The van der Waals surface area contributed by atoms with Gasteiger partial charge in [0.2, 0.25) is 11.1 Å². The maximum atomic E-state index is 12.2. The zero-order chi connectivity index (χ0) is 17.6. The van der Waals surface area contributed by atoms with Crippen LogP contribution in [0.2, 0.25) is 0 Å². The van der Waals surface area contributed by atoms with Gasteiger partial charge < -0.3 is 10.1 Å². The van der Waals surface area contributed by atoms with Crippen molar-refractivity contribution in [3.05, 3.63) is 53.3 Å². The molecular weight excluding hydrogens is 340 g/mol. The van der Waals surface area contributed by atoms with E-state index in [4.69, 9.17) is 4.74 Å². The lowest BCUT2D eigenvalue weighted by Crippen LogP contribution is -2.13. The molecule has 128 valence electrons. The minimum atomic E-state index is -0.345. The second-order valence-electron chi connectivity index (χ2n) is 5.02. The van der Waals surface area contributed by atoms with E-state index in [1.54, 1.807) is 7.05 Å². The molecule has 1 amide bonds. The van der Waals surface area contributed by atoms with Crippen molar-refractivity contribution in [3.63, 3.8) is 0 Å². The van der Waals surface area contributed by atoms with Crippen molar-refractivity contribution in [2.24, 2.45) is 0 Å². The Morgan fingerprint density at radius 3 is 2.56 bits per heavy atom. The molecule has 2 heterocycles. The highest BCUT2D eigenvalue weighted by Gasteiger charge is 2.16. The Kier molecular flexibility index (Phi) is 5.14. The Morgan fingerprint density at radius 2 is 1.88 bits per heavy atom. The van der Waals surface area contributed by atoms with E-state index in [1.165, 1.54) is 23.7 Å². The van der Waals surface area contributed by atoms with Crippen molar-refractivity contribution >= 4 is 28.3 Å². The smallest absolute Gasteiger partial charge is 0.260 e. The lowest BCUT2D eigenvalue weighted by atomic mass is 10.3. The van der Waals surface area contributed by atoms with Crippen LogP contribution in [0.1, 0.15) is 28.4 Å². The van der Waals surface area contributed by atoms with E-state index >= 15 is 0 Å². The number of aromatic nitrogens is 4. The highest BCUT2D eigenvalue weighted by Crippen LogP contribution is 2.26. The molecule has 3 rings (SSSR count). The minimum Gasteiger partial charge on any atom is -0.483 e. The first-order valence-electron chi connectivity index (χ1n) is 7.52. The van der Waals surface area contributed by atoms with Crippen molar-refractivity contribution < 1.29 is 9.53 Å². The van der Waals surface area contributed by atoms with Gasteiger partial charge in [0.05, 0.1) is 5.56 Å². The monoisotopic (exact) mass is 356 g/mol. The first-order valence-corrected chi connectivity index (χ1v) is 8.33. The zero-order valence-electron chi connectivity index (χ0n) is 13.6. The molecule has 0 radical (unpaired) electrons. The largest absolute Gasteiger partial charge is 0.483 e. The summed E-state index contributed by atoms with van der Waals surface area (Å²) in [7, 11) is 1.70. The third-order valence-electron chi connectivity index (χ3n) is 3.20. The fourth-order valence-corrected chi connectivity index (χ4v) is 2.67. The number of ether oxygens (including phenoxy) is 1. The van der Waals surface area contributed by atoms with Gasteiger partial charge in [-0.05, 0) is 19.1 Å². The van der Waals surface area contributed by atoms with Crippen LogP contribution in [-0.4, -0.2) is 33.1 Å². The first-order chi connectivity index (χ1) is 12.2. The van der Waals surface area contributed by atoms with Gasteiger partial charge in [-0.1, -0.05) is 29.5 Å². The molecule has 8 nitrogen and oxygen atoms in total. The number of amides is 1. The summed E-state index contributed by atoms with van der Waals surface area (Å²) < 4.78 is 5.80. The van der Waals surface area contributed by atoms with Gasteiger partial charge in [-0.25, -0.2) is 9.97 Å². The molecule has 9 heteroatoms. The van der Waals surface area contributed by atoms with Gasteiger partial charge in [0.15, 0.2) is 5.01 Å². The van der Waals surface area contributed by atoms with Crippen molar-refractivity contribution in [1.29, 1.82) is 0 Å². The molecular formula is C16H16N6O2S. The highest BCUT2D eigenvalue weighted by atomic mass is 32.1. The number of anilines is 2. The molecule has 25 heavy (non-hydrogen) atoms. The van der Waals surface area contributed by atoms with Gasteiger partial charge in [-0.15, -0.1) is 10.2 Å². The number of hydrogen-bond donors (Lipinski definition) is 2. The number of rotatable bonds is 6. The predicted octanol–water partition coefficient (Wildman–Crippen LogP) is 2.76. The van der Waals surface area contributed by atoms with Crippen LogP contribution in [0.4, 0.5) is 11.1 Å². The molecule has 0 fully saturated rings. The number of carbonyl (C=O) groups is 1. The number of carbonyl (C=O) groups excluding carboxylic acids is 1. The van der Waals surface area contributed by atoms with Gasteiger partial charge in [-0.3, -0.25) is 10.1 Å². The molecule has 0 aliphatic rings. The second kappa shape index (κ2) is 7.67. The minimum absolute atomic E-state index is 0.274. The quantitative estimate of drug-likeness (QED) is 0.700. The molecule has 0 aliphatic carbocycles. The number of nitrogens with one attached hydrogen (secondary N) is 2. The van der Waals surface area contributed by atoms with E-state index in [0.717, 1.165) is 5.75 Å². The van der Waals surface area contributed by atoms with Crippen molar-refractivity contribution in [2.45, 2.75) is 13.0 Å². The summed E-state index contributed by atoms with van der Waals surface area (Å²) in [6, 6.07) is 9.46. The predicted molar refractivity (Wildman–Crippen MR) is 94.9 cm³/mol. The number of para-hydroxylation sites is 1. The molecule has 0 bridgehead atoms. The van der Waals surface area contributed by atoms with Crippen LogP contribution in [0.3, 0.4) is 0 Å². The molecule has 1 atom stereocenters. The molecule has 2 N–H and O–H groups in total. The van der Waals surface area contributed by atoms with Crippen LogP contribution in [0.25, 0.3) is 0 Å². The third kappa shape index (κ3) is 4.27. The Bertz CT molecular complexity index is 837. The molecule has 0 aliphatic heterocycles. The van der Waals surface area contributed by atoms with Crippen molar-refractivity contribution in [2.75, 3.05) is 17.7 Å². The Morgan fingerprint density at radius 1 is 1.16 bits per heavy atom. The van der Waals surface area contributed by atoms with Gasteiger partial charge in [0.25, 0.3) is 5.91 Å². The van der Waals surface area contributed by atoms with E-state index in [2.05, 4.69) is 30.8 Å².